The first-order valence-electron chi connectivity index (χ1n) is 5.52. The first kappa shape index (κ1) is 14.8. The lowest BCUT2D eigenvalue weighted by Crippen LogP contribution is -2.01. The summed E-state index contributed by atoms with van der Waals surface area (Å²) in [5.41, 5.74) is 1.42. The maximum Gasteiger partial charge on any atom is 0.142 e. The van der Waals surface area contributed by atoms with Crippen LogP contribution in [0.1, 0.15) is 11.1 Å². The molecule has 0 bridgehead atoms. The van der Waals surface area contributed by atoms with E-state index in [4.69, 9.17) is 16.3 Å². The monoisotopic (exact) mass is 406 g/mol. The van der Waals surface area contributed by atoms with Gasteiger partial charge in [0.05, 0.1) is 5.02 Å². The van der Waals surface area contributed by atoms with Crippen molar-refractivity contribution in [2.45, 2.75) is 11.9 Å². The molecule has 0 aromatic heterocycles. The Kier molecular flexibility index (Phi) is 5.25. The lowest BCUT2D eigenvalue weighted by atomic mass is 10.2. The molecule has 0 radical (unpaired) electrons. The number of hydrogen-bond acceptors (Lipinski definition) is 1. The fourth-order valence-electron chi connectivity index (χ4n) is 1.61. The number of para-hydroxylation sites is 1. The summed E-state index contributed by atoms with van der Waals surface area (Å²) in [5.74, 6) is 0.283. The molecule has 1 nitrogen and oxygen atoms in total. The lowest BCUT2D eigenvalue weighted by molar-refractivity contribution is 0.298. The Morgan fingerprint density at radius 1 is 1.16 bits per heavy atom. The molecule has 19 heavy (non-hydrogen) atoms. The molecule has 5 heteroatoms. The van der Waals surface area contributed by atoms with Crippen LogP contribution in [0.4, 0.5) is 4.39 Å². The molecule has 0 amide bonds. The molecule has 0 saturated carbocycles. The Morgan fingerprint density at radius 3 is 2.63 bits per heavy atom. The number of benzene rings is 2. The Bertz CT molecular complexity index is 590. The third-order valence-electron chi connectivity index (χ3n) is 2.58. The summed E-state index contributed by atoms with van der Waals surface area (Å²) in [4.78, 5) is 0. The van der Waals surface area contributed by atoms with E-state index in [0.29, 0.717) is 26.1 Å². The molecule has 0 saturated heterocycles. The van der Waals surface area contributed by atoms with Crippen molar-refractivity contribution in [1.82, 2.24) is 0 Å². The summed E-state index contributed by atoms with van der Waals surface area (Å²) < 4.78 is 20.0. The van der Waals surface area contributed by atoms with E-state index in [-0.39, 0.29) is 12.4 Å². The minimum Gasteiger partial charge on any atom is -0.487 e. The van der Waals surface area contributed by atoms with Crippen LogP contribution in [0.15, 0.2) is 40.9 Å². The smallest absolute Gasteiger partial charge is 0.142 e. The van der Waals surface area contributed by atoms with E-state index in [0.717, 1.165) is 5.56 Å². The van der Waals surface area contributed by atoms with Gasteiger partial charge in [-0.2, -0.15) is 0 Å². The lowest BCUT2D eigenvalue weighted by Gasteiger charge is -2.12. The van der Waals surface area contributed by atoms with Gasteiger partial charge in [0.15, 0.2) is 0 Å². The molecule has 0 spiro atoms. The summed E-state index contributed by atoms with van der Waals surface area (Å²) in [6.45, 7) is 0.142. The SMILES string of the molecule is Fc1cc(Br)ccc1COc1c(Cl)cccc1CBr. The van der Waals surface area contributed by atoms with Crippen LogP contribution in [0.5, 0.6) is 5.75 Å². The van der Waals surface area contributed by atoms with Crippen molar-refractivity contribution in [1.29, 1.82) is 0 Å². The van der Waals surface area contributed by atoms with Crippen molar-refractivity contribution in [2.75, 3.05) is 0 Å². The number of hydrogen-bond donors (Lipinski definition) is 0. The van der Waals surface area contributed by atoms with Gasteiger partial charge in [0.1, 0.15) is 18.2 Å². The third kappa shape index (κ3) is 3.71. The Balaban J connectivity index is 2.19. The van der Waals surface area contributed by atoms with Gasteiger partial charge >= 0.3 is 0 Å². The summed E-state index contributed by atoms with van der Waals surface area (Å²) in [7, 11) is 0. The minimum absolute atomic E-state index is 0.142. The van der Waals surface area contributed by atoms with Crippen molar-refractivity contribution in [2.24, 2.45) is 0 Å². The van der Waals surface area contributed by atoms with Crippen LogP contribution in [0.2, 0.25) is 5.02 Å². The standard InChI is InChI=1S/C14H10Br2ClFO/c15-7-9-2-1-3-12(17)14(9)19-8-10-4-5-11(16)6-13(10)18/h1-6H,7-8H2. The van der Waals surface area contributed by atoms with Crippen LogP contribution in [-0.4, -0.2) is 0 Å². The van der Waals surface area contributed by atoms with E-state index in [1.54, 1.807) is 18.2 Å². The van der Waals surface area contributed by atoms with Gasteiger partial charge in [-0.25, -0.2) is 4.39 Å². The average Bonchev–Trinajstić information content (AvgIpc) is 2.39. The van der Waals surface area contributed by atoms with Crippen molar-refractivity contribution in [3.8, 4) is 5.75 Å². The number of alkyl halides is 1. The molecule has 0 aliphatic heterocycles. The molecule has 0 N–H and O–H groups in total. The van der Waals surface area contributed by atoms with Crippen LogP contribution < -0.4 is 4.74 Å². The van der Waals surface area contributed by atoms with Crippen LogP contribution >= 0.6 is 43.5 Å². The normalized spacial score (nSPS) is 10.5. The highest BCUT2D eigenvalue weighted by atomic mass is 79.9. The van der Waals surface area contributed by atoms with Crippen molar-refractivity contribution in [3.63, 3.8) is 0 Å². The topological polar surface area (TPSA) is 9.23 Å². The second-order valence-corrected chi connectivity index (χ2v) is 5.77. The molecule has 0 fully saturated rings. The third-order valence-corrected chi connectivity index (χ3v) is 3.97. The maximum atomic E-state index is 13.7. The summed E-state index contributed by atoms with van der Waals surface area (Å²) in [5, 5.41) is 1.15. The molecule has 0 unspecified atom stereocenters. The summed E-state index contributed by atoms with van der Waals surface area (Å²) >= 11 is 12.7. The van der Waals surface area contributed by atoms with Gasteiger partial charge in [-0.1, -0.05) is 61.7 Å². The highest BCUT2D eigenvalue weighted by Crippen LogP contribution is 2.31. The quantitative estimate of drug-likeness (QED) is 0.589. The van der Waals surface area contributed by atoms with Gasteiger partial charge in [-0.15, -0.1) is 0 Å². The molecule has 0 heterocycles. The van der Waals surface area contributed by atoms with Crippen LogP contribution in [0, 0.1) is 5.82 Å². The zero-order valence-electron chi connectivity index (χ0n) is 9.80. The predicted molar refractivity (Wildman–Crippen MR) is 82.5 cm³/mol. The minimum atomic E-state index is -0.304. The molecule has 2 aromatic carbocycles. The number of halogens is 4. The van der Waals surface area contributed by atoms with Gasteiger partial charge in [-0.05, 0) is 18.2 Å². The van der Waals surface area contributed by atoms with E-state index in [2.05, 4.69) is 31.9 Å². The fraction of sp³-hybridized carbons (Fsp3) is 0.143. The van der Waals surface area contributed by atoms with Crippen molar-refractivity contribution < 1.29 is 9.13 Å². The Hall–Kier alpha value is -0.580. The number of ether oxygens (including phenoxy) is 1. The predicted octanol–water partition coefficient (Wildman–Crippen LogP) is 5.72. The highest BCUT2D eigenvalue weighted by molar-refractivity contribution is 9.10. The maximum absolute atomic E-state index is 13.7. The van der Waals surface area contributed by atoms with Gasteiger partial charge in [0.2, 0.25) is 0 Å². The fourth-order valence-corrected chi connectivity index (χ4v) is 2.63. The van der Waals surface area contributed by atoms with Crippen molar-refractivity contribution in [3.05, 3.63) is 62.8 Å². The van der Waals surface area contributed by atoms with E-state index in [1.165, 1.54) is 6.07 Å². The molecule has 0 aliphatic carbocycles. The molecule has 100 valence electrons. The second kappa shape index (κ2) is 6.73. The van der Waals surface area contributed by atoms with E-state index < -0.39 is 0 Å². The van der Waals surface area contributed by atoms with Crippen LogP contribution in [0.3, 0.4) is 0 Å². The van der Waals surface area contributed by atoms with Gasteiger partial charge in [0.25, 0.3) is 0 Å². The van der Waals surface area contributed by atoms with E-state index >= 15 is 0 Å². The average molecular weight is 408 g/mol. The number of rotatable bonds is 4. The molecule has 2 aromatic rings. The Morgan fingerprint density at radius 2 is 1.95 bits per heavy atom. The first-order chi connectivity index (χ1) is 9.11. The zero-order chi connectivity index (χ0) is 13.8. The van der Waals surface area contributed by atoms with E-state index in [9.17, 15) is 4.39 Å². The highest BCUT2D eigenvalue weighted by Gasteiger charge is 2.09. The molecule has 0 atom stereocenters. The molecule has 0 aliphatic rings. The molecule has 2 rings (SSSR count). The van der Waals surface area contributed by atoms with Gasteiger partial charge in [-0.3, -0.25) is 0 Å². The van der Waals surface area contributed by atoms with Crippen LogP contribution in [-0.2, 0) is 11.9 Å². The molecular weight excluding hydrogens is 398 g/mol. The largest absolute Gasteiger partial charge is 0.487 e. The zero-order valence-corrected chi connectivity index (χ0v) is 13.7. The molecular formula is C14H10Br2ClFO. The summed E-state index contributed by atoms with van der Waals surface area (Å²) in [6, 6.07) is 10.4. The van der Waals surface area contributed by atoms with Crippen LogP contribution in [0.25, 0.3) is 0 Å². The Labute approximate surface area is 133 Å². The van der Waals surface area contributed by atoms with Gasteiger partial charge < -0.3 is 4.74 Å². The summed E-state index contributed by atoms with van der Waals surface area (Å²) in [6.07, 6.45) is 0. The first-order valence-corrected chi connectivity index (χ1v) is 7.81. The van der Waals surface area contributed by atoms with Crippen molar-refractivity contribution >= 4 is 43.5 Å². The second-order valence-electron chi connectivity index (χ2n) is 3.89. The van der Waals surface area contributed by atoms with E-state index in [1.807, 2.05) is 12.1 Å². The van der Waals surface area contributed by atoms with Gasteiger partial charge in [0, 0.05) is 20.9 Å².